The van der Waals surface area contributed by atoms with E-state index in [0.717, 1.165) is 10.8 Å². The van der Waals surface area contributed by atoms with Crippen molar-refractivity contribution in [3.63, 3.8) is 0 Å². The Morgan fingerprint density at radius 3 is 2.12 bits per heavy atom. The summed E-state index contributed by atoms with van der Waals surface area (Å²) in [4.78, 5) is 0. The van der Waals surface area contributed by atoms with Gasteiger partial charge in [0.1, 0.15) is 0 Å². The van der Waals surface area contributed by atoms with Crippen LogP contribution in [0.5, 0.6) is 5.75 Å². The number of ether oxygens (including phenoxy) is 1. The van der Waals surface area contributed by atoms with Gasteiger partial charge in [-0.1, -0.05) is 0 Å². The van der Waals surface area contributed by atoms with E-state index in [2.05, 4.69) is 26.8 Å². The molecule has 0 aliphatic carbocycles. The number of methoxy groups -OCH3 is 1. The van der Waals surface area contributed by atoms with E-state index in [9.17, 15) is 0 Å². The zero-order chi connectivity index (χ0) is 12.2. The maximum absolute atomic E-state index is 6.13. The molecule has 0 heterocycles. The van der Waals surface area contributed by atoms with Crippen molar-refractivity contribution in [1.29, 1.82) is 0 Å². The second kappa shape index (κ2) is 5.97. The van der Waals surface area contributed by atoms with Crippen molar-refractivity contribution in [2.45, 2.75) is 36.5 Å². The monoisotopic (exact) mass is 302 g/mol. The average molecular weight is 301 g/mol. The molecule has 1 aromatic carbocycles. The summed E-state index contributed by atoms with van der Waals surface area (Å²) < 4.78 is 6.93. The molecule has 1 rings (SSSR count). The first-order valence-electron chi connectivity index (χ1n) is 5.97. The van der Waals surface area contributed by atoms with Crippen molar-refractivity contribution in [1.82, 2.24) is 0 Å². The summed E-state index contributed by atoms with van der Waals surface area (Å²) in [6.45, 7) is 6.94. The van der Waals surface area contributed by atoms with E-state index in [-0.39, 0.29) is 0 Å². The molecule has 16 heavy (non-hydrogen) atoms. The molecular weight excluding hydrogens is 280 g/mol. The quantitative estimate of drug-likeness (QED) is 0.745. The molecular formula is C13H21ClGeO. The van der Waals surface area contributed by atoms with Gasteiger partial charge in [0.05, 0.1) is 0 Å². The first-order valence-corrected chi connectivity index (χ1v) is 11.8. The van der Waals surface area contributed by atoms with Crippen LogP contribution in [0.3, 0.4) is 0 Å². The first kappa shape index (κ1) is 13.9. The third-order valence-electron chi connectivity index (χ3n) is 3.76. The van der Waals surface area contributed by atoms with Gasteiger partial charge >= 0.3 is 107 Å². The van der Waals surface area contributed by atoms with Crippen LogP contribution in [-0.2, 0) is 0 Å². The molecule has 0 bridgehead atoms. The van der Waals surface area contributed by atoms with Gasteiger partial charge in [-0.15, -0.1) is 0 Å². The topological polar surface area (TPSA) is 9.23 Å². The summed E-state index contributed by atoms with van der Waals surface area (Å²) in [5.74, 6) is 1.04. The molecule has 0 saturated heterocycles. The Balaban J connectivity index is 3.32. The zero-order valence-corrected chi connectivity index (χ0v) is 13.5. The van der Waals surface area contributed by atoms with Crippen molar-refractivity contribution in [3.05, 3.63) is 23.2 Å². The fourth-order valence-electron chi connectivity index (χ4n) is 2.42. The molecule has 90 valence electrons. The van der Waals surface area contributed by atoms with E-state index in [4.69, 9.17) is 16.3 Å². The van der Waals surface area contributed by atoms with E-state index in [1.807, 2.05) is 12.1 Å². The van der Waals surface area contributed by atoms with Crippen LogP contribution in [0.2, 0.25) is 20.8 Å². The molecule has 0 N–H and O–H groups in total. The van der Waals surface area contributed by atoms with Gasteiger partial charge < -0.3 is 0 Å². The van der Waals surface area contributed by atoms with Gasteiger partial charge in [-0.2, -0.15) is 0 Å². The minimum atomic E-state index is -1.96. The second-order valence-corrected chi connectivity index (χ2v) is 15.6. The fourth-order valence-corrected chi connectivity index (χ4v) is 10.8. The Bertz CT molecular complexity index is 340. The van der Waals surface area contributed by atoms with Gasteiger partial charge in [-0.25, -0.2) is 0 Å². The number of halogens is 1. The van der Waals surface area contributed by atoms with Crippen LogP contribution in [0.15, 0.2) is 18.2 Å². The van der Waals surface area contributed by atoms with Crippen molar-refractivity contribution in [2.75, 3.05) is 7.11 Å². The molecule has 0 fully saturated rings. The van der Waals surface area contributed by atoms with E-state index in [1.165, 1.54) is 20.2 Å². The second-order valence-electron chi connectivity index (χ2n) is 4.19. The van der Waals surface area contributed by atoms with Crippen LogP contribution < -0.4 is 9.13 Å². The molecule has 0 spiro atoms. The molecule has 0 aliphatic heterocycles. The fraction of sp³-hybridized carbons (Fsp3) is 0.538. The van der Waals surface area contributed by atoms with Gasteiger partial charge in [0.15, 0.2) is 0 Å². The van der Waals surface area contributed by atoms with Gasteiger partial charge in [-0.3, -0.25) is 0 Å². The van der Waals surface area contributed by atoms with E-state index in [0.29, 0.717) is 0 Å². The van der Waals surface area contributed by atoms with Crippen molar-refractivity contribution < 1.29 is 4.74 Å². The molecule has 1 nitrogen and oxygen atoms in total. The molecule has 0 aliphatic rings. The third-order valence-corrected chi connectivity index (χ3v) is 15.7. The molecule has 0 saturated carbocycles. The Morgan fingerprint density at radius 2 is 1.69 bits per heavy atom. The maximum atomic E-state index is 6.13. The summed E-state index contributed by atoms with van der Waals surface area (Å²) in [6.07, 6.45) is 0. The van der Waals surface area contributed by atoms with Crippen LogP contribution in [0.1, 0.15) is 20.8 Å². The van der Waals surface area contributed by atoms with Crippen LogP contribution in [0, 0.1) is 0 Å². The van der Waals surface area contributed by atoms with Crippen molar-refractivity contribution in [3.8, 4) is 5.75 Å². The van der Waals surface area contributed by atoms with Crippen LogP contribution in [-0.4, -0.2) is 20.4 Å². The van der Waals surface area contributed by atoms with Gasteiger partial charge in [0.2, 0.25) is 0 Å². The molecule has 0 atom stereocenters. The van der Waals surface area contributed by atoms with Crippen molar-refractivity contribution in [2.24, 2.45) is 0 Å². The van der Waals surface area contributed by atoms with E-state index in [1.54, 1.807) is 7.11 Å². The number of hydrogen-bond donors (Lipinski definition) is 0. The van der Waals surface area contributed by atoms with Crippen molar-refractivity contribution >= 4 is 29.3 Å². The SMILES string of the molecule is C[CH2][Ge]([CH2]C)([CH2]C)[c]1cc(Cl)ccc1OC. The molecule has 0 amide bonds. The van der Waals surface area contributed by atoms with Crippen LogP contribution in [0.25, 0.3) is 0 Å². The summed E-state index contributed by atoms with van der Waals surface area (Å²) in [7, 11) is 1.75. The summed E-state index contributed by atoms with van der Waals surface area (Å²) in [5, 5.41) is 4.72. The van der Waals surface area contributed by atoms with Gasteiger partial charge in [-0.05, 0) is 0 Å². The molecule has 3 heteroatoms. The Kier molecular flexibility index (Phi) is 5.19. The predicted molar refractivity (Wildman–Crippen MR) is 74.8 cm³/mol. The average Bonchev–Trinajstić information content (AvgIpc) is 2.32. The standard InChI is InChI=1S/C13H21ClGeO/c1-5-15(6-2,7-3)12-10-11(14)8-9-13(12)16-4/h8-10H,5-7H2,1-4H3. The minimum absolute atomic E-state index is 0.834. The molecule has 0 unspecified atom stereocenters. The van der Waals surface area contributed by atoms with E-state index < -0.39 is 13.3 Å². The zero-order valence-electron chi connectivity index (χ0n) is 10.6. The summed E-state index contributed by atoms with van der Waals surface area (Å²) in [6, 6.07) is 6.06. The normalized spacial score (nSPS) is 11.6. The summed E-state index contributed by atoms with van der Waals surface area (Å²) in [5.41, 5.74) is 0. The molecule has 1 aromatic rings. The molecule has 0 aromatic heterocycles. The van der Waals surface area contributed by atoms with Crippen LogP contribution in [0.4, 0.5) is 0 Å². The predicted octanol–water partition coefficient (Wildman–Crippen LogP) is 4.06. The summed E-state index contributed by atoms with van der Waals surface area (Å²) >= 11 is 4.17. The number of hydrogen-bond acceptors (Lipinski definition) is 1. The van der Waals surface area contributed by atoms with E-state index >= 15 is 0 Å². The van der Waals surface area contributed by atoms with Gasteiger partial charge in [0, 0.05) is 0 Å². The van der Waals surface area contributed by atoms with Crippen LogP contribution >= 0.6 is 11.6 Å². The Morgan fingerprint density at radius 1 is 1.12 bits per heavy atom. The third kappa shape index (κ3) is 2.57. The number of rotatable bonds is 5. The Labute approximate surface area is 107 Å². The number of benzene rings is 1. The van der Waals surface area contributed by atoms with Gasteiger partial charge in [0.25, 0.3) is 0 Å². The Hall–Kier alpha value is -0.147. The molecule has 0 radical (unpaired) electrons. The first-order chi connectivity index (χ1) is 7.63.